The Morgan fingerprint density at radius 3 is 2.47 bits per heavy atom. The Morgan fingerprint density at radius 2 is 2.00 bits per heavy atom. The molecular weight excluding hydrogens is 285 g/mol. The van der Waals surface area contributed by atoms with Crippen molar-refractivity contribution in [2.24, 2.45) is 5.73 Å². The van der Waals surface area contributed by atoms with Crippen molar-refractivity contribution in [3.63, 3.8) is 0 Å². The molecule has 0 aliphatic heterocycles. The van der Waals surface area contributed by atoms with Gasteiger partial charge in [-0.25, -0.2) is 4.79 Å². The predicted octanol–water partition coefficient (Wildman–Crippen LogP) is 1.75. The first-order valence-corrected chi connectivity index (χ1v) is 5.82. The Balaban J connectivity index is 2.96. The maximum Gasteiger partial charge on any atom is 0.415 e. The minimum atomic E-state index is -4.90. The molecule has 1 heterocycles. The van der Waals surface area contributed by atoms with E-state index < -0.39 is 23.6 Å². The molecule has 5 nitrogen and oxygen atoms in total. The van der Waals surface area contributed by atoms with Gasteiger partial charge in [0.05, 0.1) is 12.8 Å². The fraction of sp³-hybridized carbons (Fsp3) is 0.400. The number of carbonyl (C=O) groups excluding carboxylic acids is 2. The Hall–Kier alpha value is -1.61. The number of anilines is 1. The summed E-state index contributed by atoms with van der Waals surface area (Å²) in [4.78, 5) is 22.8. The van der Waals surface area contributed by atoms with Crippen LogP contribution in [0, 0.1) is 0 Å². The van der Waals surface area contributed by atoms with Crippen molar-refractivity contribution in [1.29, 1.82) is 0 Å². The zero-order valence-electron chi connectivity index (χ0n) is 10.00. The highest BCUT2D eigenvalue weighted by atomic mass is 32.1. The Kier molecular flexibility index (Phi) is 4.21. The summed E-state index contributed by atoms with van der Waals surface area (Å²) in [6.07, 6.45) is -4.90. The molecule has 1 atom stereocenters. The van der Waals surface area contributed by atoms with Gasteiger partial charge in [0, 0.05) is 0 Å². The Bertz CT molecular complexity index is 496. The number of nitrogens with one attached hydrogen (secondary N) is 1. The molecule has 0 aliphatic rings. The van der Waals surface area contributed by atoms with Crippen molar-refractivity contribution in [1.82, 2.24) is 0 Å². The third-order valence-electron chi connectivity index (χ3n) is 2.34. The number of esters is 1. The average Bonchev–Trinajstić information content (AvgIpc) is 2.74. The highest BCUT2D eigenvalue weighted by molar-refractivity contribution is 7.12. The molecule has 106 valence electrons. The van der Waals surface area contributed by atoms with E-state index >= 15 is 0 Å². The van der Waals surface area contributed by atoms with Crippen LogP contribution in [0.2, 0.25) is 0 Å². The first-order chi connectivity index (χ1) is 8.61. The van der Waals surface area contributed by atoms with E-state index in [0.29, 0.717) is 6.92 Å². The standard InChI is InChI=1S/C10H11F3N2O3S/c1-9(14,10(11,12)13)8(17)15-5-3-4-19-6(5)7(16)18-2/h3-4H,14H2,1-2H3,(H,15,17). The topological polar surface area (TPSA) is 81.4 Å². The molecule has 1 amide bonds. The van der Waals surface area contributed by atoms with Crippen LogP contribution in [0.25, 0.3) is 0 Å². The molecule has 3 N–H and O–H groups in total. The minimum absolute atomic E-state index is 0.00572. The first kappa shape index (κ1) is 15.4. The fourth-order valence-corrected chi connectivity index (χ4v) is 1.81. The summed E-state index contributed by atoms with van der Waals surface area (Å²) >= 11 is 0.931. The van der Waals surface area contributed by atoms with Crippen LogP contribution >= 0.6 is 11.3 Å². The van der Waals surface area contributed by atoms with E-state index in [1.165, 1.54) is 11.4 Å². The van der Waals surface area contributed by atoms with Crippen LogP contribution in [0.5, 0.6) is 0 Å². The fourth-order valence-electron chi connectivity index (χ4n) is 1.04. The lowest BCUT2D eigenvalue weighted by Crippen LogP contribution is -2.59. The number of alkyl halides is 3. The van der Waals surface area contributed by atoms with Crippen LogP contribution in [0.3, 0.4) is 0 Å². The van der Waals surface area contributed by atoms with Gasteiger partial charge < -0.3 is 15.8 Å². The second-order valence-electron chi connectivity index (χ2n) is 3.81. The molecule has 9 heteroatoms. The maximum atomic E-state index is 12.6. The van der Waals surface area contributed by atoms with Crippen molar-refractivity contribution in [3.05, 3.63) is 16.3 Å². The molecule has 1 aromatic rings. The number of thiophene rings is 1. The molecule has 0 spiro atoms. The van der Waals surface area contributed by atoms with Crippen LogP contribution < -0.4 is 11.1 Å². The van der Waals surface area contributed by atoms with Gasteiger partial charge in [-0.1, -0.05) is 0 Å². The molecule has 1 rings (SSSR count). The number of hydrogen-bond acceptors (Lipinski definition) is 5. The van der Waals surface area contributed by atoms with E-state index in [-0.39, 0.29) is 10.6 Å². The number of nitrogens with two attached hydrogens (primary N) is 1. The van der Waals surface area contributed by atoms with Crippen LogP contribution in [0.1, 0.15) is 16.6 Å². The summed E-state index contributed by atoms with van der Waals surface area (Å²) in [5.74, 6) is -2.21. The molecule has 1 aromatic heterocycles. The summed E-state index contributed by atoms with van der Waals surface area (Å²) in [6, 6.07) is 1.29. The van der Waals surface area contributed by atoms with Gasteiger partial charge in [-0.05, 0) is 18.4 Å². The number of halogens is 3. The molecule has 0 aliphatic carbocycles. The molecule has 19 heavy (non-hydrogen) atoms. The summed E-state index contributed by atoms with van der Waals surface area (Å²) in [5.41, 5.74) is 1.84. The number of hydrogen-bond donors (Lipinski definition) is 2. The predicted molar refractivity (Wildman–Crippen MR) is 62.9 cm³/mol. The van der Waals surface area contributed by atoms with Crippen molar-refractivity contribution >= 4 is 28.9 Å². The lowest BCUT2D eigenvalue weighted by atomic mass is 10.0. The summed E-state index contributed by atoms with van der Waals surface area (Å²) in [5, 5.41) is 3.41. The van der Waals surface area contributed by atoms with Crippen molar-refractivity contribution < 1.29 is 27.5 Å². The number of carbonyl (C=O) groups is 2. The number of methoxy groups -OCH3 is 1. The Labute approximate surface area is 110 Å². The molecule has 0 radical (unpaired) electrons. The lowest BCUT2D eigenvalue weighted by molar-refractivity contribution is -0.184. The zero-order chi connectivity index (χ0) is 14.8. The number of rotatable bonds is 3. The lowest BCUT2D eigenvalue weighted by Gasteiger charge is -2.26. The second kappa shape index (κ2) is 5.17. The van der Waals surface area contributed by atoms with Gasteiger partial charge in [-0.3, -0.25) is 4.79 Å². The quantitative estimate of drug-likeness (QED) is 0.833. The van der Waals surface area contributed by atoms with E-state index in [1.54, 1.807) is 0 Å². The van der Waals surface area contributed by atoms with Crippen LogP contribution in [0.4, 0.5) is 18.9 Å². The van der Waals surface area contributed by atoms with Gasteiger partial charge in [0.1, 0.15) is 4.88 Å². The number of amides is 1. The highest BCUT2D eigenvalue weighted by Gasteiger charge is 2.54. The third kappa shape index (κ3) is 3.04. The van der Waals surface area contributed by atoms with E-state index in [9.17, 15) is 22.8 Å². The van der Waals surface area contributed by atoms with E-state index in [2.05, 4.69) is 4.74 Å². The van der Waals surface area contributed by atoms with Gasteiger partial charge in [-0.15, -0.1) is 11.3 Å². The van der Waals surface area contributed by atoms with Crippen LogP contribution in [-0.4, -0.2) is 30.7 Å². The van der Waals surface area contributed by atoms with Crippen molar-refractivity contribution in [2.45, 2.75) is 18.6 Å². The molecule has 0 bridgehead atoms. The second-order valence-corrected chi connectivity index (χ2v) is 4.73. The first-order valence-electron chi connectivity index (χ1n) is 4.94. The molecule has 1 unspecified atom stereocenters. The molecule has 0 saturated carbocycles. The van der Waals surface area contributed by atoms with Crippen molar-refractivity contribution in [2.75, 3.05) is 12.4 Å². The molecule has 0 saturated heterocycles. The van der Waals surface area contributed by atoms with Gasteiger partial charge in [0.2, 0.25) is 0 Å². The van der Waals surface area contributed by atoms with Gasteiger partial charge >= 0.3 is 12.1 Å². The van der Waals surface area contributed by atoms with E-state index in [1.807, 2.05) is 5.32 Å². The summed E-state index contributed by atoms with van der Waals surface area (Å²) in [6.45, 7) is 0.548. The SMILES string of the molecule is COC(=O)c1sccc1NC(=O)C(C)(N)C(F)(F)F. The third-order valence-corrected chi connectivity index (χ3v) is 3.24. The monoisotopic (exact) mass is 296 g/mol. The smallest absolute Gasteiger partial charge is 0.415 e. The maximum absolute atomic E-state index is 12.6. The van der Waals surface area contributed by atoms with Crippen LogP contribution in [-0.2, 0) is 9.53 Å². The summed E-state index contributed by atoms with van der Waals surface area (Å²) < 4.78 is 42.1. The Morgan fingerprint density at radius 1 is 1.42 bits per heavy atom. The van der Waals surface area contributed by atoms with E-state index in [0.717, 1.165) is 18.4 Å². The van der Waals surface area contributed by atoms with Gasteiger partial charge in [0.25, 0.3) is 5.91 Å². The highest BCUT2D eigenvalue weighted by Crippen LogP contribution is 2.30. The van der Waals surface area contributed by atoms with E-state index in [4.69, 9.17) is 5.73 Å². The average molecular weight is 296 g/mol. The molecular formula is C10H11F3N2O3S. The van der Waals surface area contributed by atoms with Gasteiger partial charge in [-0.2, -0.15) is 13.2 Å². The molecule has 0 aromatic carbocycles. The minimum Gasteiger partial charge on any atom is -0.465 e. The number of ether oxygens (including phenoxy) is 1. The molecule has 0 fully saturated rings. The summed E-state index contributed by atoms with van der Waals surface area (Å²) in [7, 11) is 1.12. The normalized spacial score (nSPS) is 14.6. The van der Waals surface area contributed by atoms with Gasteiger partial charge in [0.15, 0.2) is 5.54 Å². The van der Waals surface area contributed by atoms with Crippen molar-refractivity contribution in [3.8, 4) is 0 Å². The van der Waals surface area contributed by atoms with Crippen LogP contribution in [0.15, 0.2) is 11.4 Å². The zero-order valence-corrected chi connectivity index (χ0v) is 10.8. The largest absolute Gasteiger partial charge is 0.465 e.